The predicted molar refractivity (Wildman–Crippen MR) is 102 cm³/mol. The number of epoxide rings is 1. The first kappa shape index (κ1) is 17.7. The second-order valence-electron chi connectivity index (χ2n) is 7.20. The third-order valence-electron chi connectivity index (χ3n) is 5.27. The summed E-state index contributed by atoms with van der Waals surface area (Å²) >= 11 is 0. The van der Waals surface area contributed by atoms with Gasteiger partial charge in [-0.1, -0.05) is 48.5 Å². The maximum absolute atomic E-state index is 13.0. The maximum atomic E-state index is 13.0. The first-order valence-electron chi connectivity index (χ1n) is 9.54. The molecular formula is C22H24N2O3. The lowest BCUT2D eigenvalue weighted by Gasteiger charge is -2.26. The van der Waals surface area contributed by atoms with Crippen LogP contribution in [0.15, 0.2) is 60.7 Å². The molecule has 2 fully saturated rings. The summed E-state index contributed by atoms with van der Waals surface area (Å²) in [5.41, 5.74) is 1.80. The number of rotatable bonds is 6. The number of hydrogen-bond acceptors (Lipinski definition) is 3. The van der Waals surface area contributed by atoms with Crippen LogP contribution in [0.1, 0.15) is 28.8 Å². The van der Waals surface area contributed by atoms with E-state index in [-0.39, 0.29) is 24.0 Å². The molecular weight excluding hydrogens is 340 g/mol. The van der Waals surface area contributed by atoms with Gasteiger partial charge in [0.1, 0.15) is 12.1 Å². The van der Waals surface area contributed by atoms with Crippen LogP contribution in [-0.2, 0) is 16.0 Å². The summed E-state index contributed by atoms with van der Waals surface area (Å²) in [4.78, 5) is 27.5. The topological polar surface area (TPSA) is 61.9 Å². The van der Waals surface area contributed by atoms with Gasteiger partial charge in [-0.25, -0.2) is 0 Å². The summed E-state index contributed by atoms with van der Waals surface area (Å²) in [6, 6.07) is 18.8. The van der Waals surface area contributed by atoms with E-state index in [9.17, 15) is 9.59 Å². The fourth-order valence-electron chi connectivity index (χ4n) is 3.74. The van der Waals surface area contributed by atoms with Crippen molar-refractivity contribution >= 4 is 11.8 Å². The van der Waals surface area contributed by atoms with E-state index < -0.39 is 6.04 Å². The highest BCUT2D eigenvalue weighted by Gasteiger charge is 2.39. The van der Waals surface area contributed by atoms with Crippen LogP contribution in [0, 0.1) is 0 Å². The Morgan fingerprint density at radius 2 is 1.74 bits per heavy atom. The molecule has 0 aromatic heterocycles. The normalized spacial score (nSPS) is 22.3. The fourth-order valence-corrected chi connectivity index (χ4v) is 3.74. The van der Waals surface area contributed by atoms with Crippen molar-refractivity contribution < 1.29 is 14.3 Å². The summed E-state index contributed by atoms with van der Waals surface area (Å²) < 4.78 is 5.45. The SMILES string of the molecule is O=C(N[C@@H](Cc1ccccc1)[C@H]1CO1)C1CCCN1C(=O)c1ccccc1. The number of carbonyl (C=O) groups is 2. The van der Waals surface area contributed by atoms with E-state index in [1.165, 1.54) is 5.56 Å². The van der Waals surface area contributed by atoms with E-state index >= 15 is 0 Å². The Labute approximate surface area is 159 Å². The van der Waals surface area contributed by atoms with Crippen molar-refractivity contribution in [3.05, 3.63) is 71.8 Å². The molecule has 0 radical (unpaired) electrons. The largest absolute Gasteiger partial charge is 0.371 e. The Kier molecular flexibility index (Phi) is 5.21. The van der Waals surface area contributed by atoms with Crippen LogP contribution < -0.4 is 5.32 Å². The second kappa shape index (κ2) is 7.92. The van der Waals surface area contributed by atoms with Gasteiger partial charge in [0.2, 0.25) is 5.91 Å². The number of carbonyl (C=O) groups excluding carboxylic acids is 2. The lowest BCUT2D eigenvalue weighted by Crippen LogP contribution is -2.50. The molecule has 0 aliphatic carbocycles. The Morgan fingerprint density at radius 3 is 2.41 bits per heavy atom. The predicted octanol–water partition coefficient (Wildman–Crippen LogP) is 2.42. The Bertz CT molecular complexity index is 790. The standard InChI is InChI=1S/C22H24N2O3/c25-21(23-18(20-15-27-20)14-16-8-3-1-4-9-16)19-12-7-13-24(19)22(26)17-10-5-2-6-11-17/h1-6,8-11,18-20H,7,12-15H2,(H,23,25)/t18-,19?,20+/m0/s1. The van der Waals surface area contributed by atoms with Crippen molar-refractivity contribution in [3.63, 3.8) is 0 Å². The summed E-state index contributed by atoms with van der Waals surface area (Å²) in [6.07, 6.45) is 2.35. The third-order valence-corrected chi connectivity index (χ3v) is 5.27. The molecule has 5 nitrogen and oxygen atoms in total. The highest BCUT2D eigenvalue weighted by molar-refractivity contribution is 5.98. The van der Waals surface area contributed by atoms with Crippen LogP contribution in [0.4, 0.5) is 0 Å². The van der Waals surface area contributed by atoms with Crippen LogP contribution in [0.25, 0.3) is 0 Å². The molecule has 2 heterocycles. The van der Waals surface area contributed by atoms with E-state index in [2.05, 4.69) is 17.4 Å². The maximum Gasteiger partial charge on any atom is 0.254 e. The number of likely N-dealkylation sites (tertiary alicyclic amines) is 1. The van der Waals surface area contributed by atoms with Crippen LogP contribution in [-0.4, -0.2) is 48.1 Å². The average Bonchev–Trinajstić information content (AvgIpc) is 3.44. The van der Waals surface area contributed by atoms with Crippen LogP contribution in [0.2, 0.25) is 0 Å². The number of amides is 2. The van der Waals surface area contributed by atoms with Gasteiger partial charge in [0.05, 0.1) is 12.6 Å². The van der Waals surface area contributed by atoms with Gasteiger partial charge in [0.15, 0.2) is 0 Å². The van der Waals surface area contributed by atoms with Gasteiger partial charge in [-0.05, 0) is 37.0 Å². The summed E-state index contributed by atoms with van der Waals surface area (Å²) in [6.45, 7) is 1.30. The van der Waals surface area contributed by atoms with Gasteiger partial charge in [-0.2, -0.15) is 0 Å². The van der Waals surface area contributed by atoms with Crippen molar-refractivity contribution in [2.24, 2.45) is 0 Å². The van der Waals surface area contributed by atoms with Gasteiger partial charge >= 0.3 is 0 Å². The smallest absolute Gasteiger partial charge is 0.254 e. The van der Waals surface area contributed by atoms with Crippen LogP contribution in [0.5, 0.6) is 0 Å². The Hall–Kier alpha value is -2.66. The minimum atomic E-state index is -0.408. The minimum absolute atomic E-state index is 0.0609. The quantitative estimate of drug-likeness (QED) is 0.801. The monoisotopic (exact) mass is 364 g/mol. The van der Waals surface area contributed by atoms with Crippen molar-refractivity contribution in [2.75, 3.05) is 13.2 Å². The number of ether oxygens (including phenoxy) is 1. The third kappa shape index (κ3) is 4.19. The molecule has 2 aromatic rings. The van der Waals surface area contributed by atoms with Crippen molar-refractivity contribution in [2.45, 2.75) is 37.5 Å². The number of nitrogens with one attached hydrogen (secondary N) is 1. The summed E-state index contributed by atoms with van der Waals surface area (Å²) in [5.74, 6) is -0.149. The molecule has 2 amide bonds. The molecule has 4 rings (SSSR count). The fraction of sp³-hybridized carbons (Fsp3) is 0.364. The van der Waals surface area contributed by atoms with Crippen molar-refractivity contribution in [1.82, 2.24) is 10.2 Å². The molecule has 0 spiro atoms. The lowest BCUT2D eigenvalue weighted by atomic mass is 10.0. The molecule has 27 heavy (non-hydrogen) atoms. The molecule has 2 aliphatic heterocycles. The summed E-state index contributed by atoms with van der Waals surface area (Å²) in [7, 11) is 0. The summed E-state index contributed by atoms with van der Waals surface area (Å²) in [5, 5.41) is 3.15. The molecule has 1 unspecified atom stereocenters. The highest BCUT2D eigenvalue weighted by atomic mass is 16.6. The zero-order valence-corrected chi connectivity index (χ0v) is 15.2. The van der Waals surface area contributed by atoms with E-state index in [4.69, 9.17) is 4.74 Å². The Morgan fingerprint density at radius 1 is 1.07 bits per heavy atom. The van der Waals surface area contributed by atoms with Crippen LogP contribution in [0.3, 0.4) is 0 Å². The molecule has 0 bridgehead atoms. The van der Waals surface area contributed by atoms with E-state index in [0.717, 1.165) is 12.8 Å². The number of hydrogen-bond donors (Lipinski definition) is 1. The second-order valence-corrected chi connectivity index (χ2v) is 7.20. The minimum Gasteiger partial charge on any atom is -0.371 e. The first-order chi connectivity index (χ1) is 13.2. The van der Waals surface area contributed by atoms with Gasteiger partial charge in [-0.15, -0.1) is 0 Å². The first-order valence-corrected chi connectivity index (χ1v) is 9.54. The Balaban J connectivity index is 1.43. The molecule has 2 aliphatic rings. The van der Waals surface area contributed by atoms with E-state index in [1.54, 1.807) is 17.0 Å². The molecule has 2 aromatic carbocycles. The van der Waals surface area contributed by atoms with Gasteiger partial charge < -0.3 is 15.0 Å². The lowest BCUT2D eigenvalue weighted by molar-refractivity contribution is -0.125. The highest BCUT2D eigenvalue weighted by Crippen LogP contribution is 2.23. The van der Waals surface area contributed by atoms with Crippen molar-refractivity contribution in [1.29, 1.82) is 0 Å². The van der Waals surface area contributed by atoms with E-state index in [1.807, 2.05) is 36.4 Å². The zero-order valence-electron chi connectivity index (χ0n) is 15.2. The molecule has 2 saturated heterocycles. The molecule has 5 heteroatoms. The van der Waals surface area contributed by atoms with Crippen LogP contribution >= 0.6 is 0 Å². The zero-order chi connectivity index (χ0) is 18.6. The van der Waals surface area contributed by atoms with Gasteiger partial charge in [-0.3, -0.25) is 9.59 Å². The van der Waals surface area contributed by atoms with E-state index in [0.29, 0.717) is 25.1 Å². The van der Waals surface area contributed by atoms with Crippen molar-refractivity contribution in [3.8, 4) is 0 Å². The molecule has 3 atom stereocenters. The number of benzene rings is 2. The molecule has 0 saturated carbocycles. The molecule has 140 valence electrons. The van der Waals surface area contributed by atoms with Gasteiger partial charge in [0, 0.05) is 12.1 Å². The average molecular weight is 364 g/mol. The molecule has 1 N–H and O–H groups in total. The van der Waals surface area contributed by atoms with Gasteiger partial charge in [0.25, 0.3) is 5.91 Å². The number of nitrogens with zero attached hydrogens (tertiary/aromatic N) is 1.